The van der Waals surface area contributed by atoms with Crippen molar-refractivity contribution in [3.8, 4) is 0 Å². The van der Waals surface area contributed by atoms with E-state index in [0.717, 1.165) is 27.4 Å². The third-order valence-electron chi connectivity index (χ3n) is 3.71. The molecular formula is C19H20N2O2S2. The monoisotopic (exact) mass is 372 g/mol. The average molecular weight is 373 g/mol. The van der Waals surface area contributed by atoms with Gasteiger partial charge >= 0.3 is 0 Å². The molecule has 1 N–H and O–H groups in total. The van der Waals surface area contributed by atoms with Crippen molar-refractivity contribution in [3.63, 3.8) is 0 Å². The molecule has 0 saturated carbocycles. The van der Waals surface area contributed by atoms with Gasteiger partial charge < -0.3 is 0 Å². The van der Waals surface area contributed by atoms with Crippen LogP contribution in [0.25, 0.3) is 0 Å². The van der Waals surface area contributed by atoms with Gasteiger partial charge in [-0.25, -0.2) is 18.1 Å². The van der Waals surface area contributed by atoms with Crippen LogP contribution in [0.4, 0.5) is 0 Å². The first kappa shape index (κ1) is 17.8. The van der Waals surface area contributed by atoms with Crippen LogP contribution in [0.2, 0.25) is 0 Å². The zero-order chi connectivity index (χ0) is 17.7. The molecule has 1 aromatic heterocycles. The normalized spacial score (nSPS) is 11.6. The van der Waals surface area contributed by atoms with Crippen LogP contribution in [0.15, 0.2) is 60.8 Å². The largest absolute Gasteiger partial charge is 0.248 e. The van der Waals surface area contributed by atoms with Crippen molar-refractivity contribution in [2.75, 3.05) is 0 Å². The van der Waals surface area contributed by atoms with E-state index in [-0.39, 0.29) is 12.3 Å². The van der Waals surface area contributed by atoms with Gasteiger partial charge in [-0.2, -0.15) is 0 Å². The van der Waals surface area contributed by atoms with Crippen LogP contribution < -0.4 is 4.72 Å². The highest BCUT2D eigenvalue weighted by Crippen LogP contribution is 2.17. The Labute approximate surface area is 152 Å². The van der Waals surface area contributed by atoms with Crippen LogP contribution in [-0.4, -0.2) is 13.4 Å². The molecule has 0 saturated heterocycles. The summed E-state index contributed by atoms with van der Waals surface area (Å²) in [6.07, 6.45) is 2.64. The van der Waals surface area contributed by atoms with Crippen molar-refractivity contribution in [3.05, 3.63) is 87.4 Å². The third kappa shape index (κ3) is 5.49. The number of benzene rings is 2. The summed E-state index contributed by atoms with van der Waals surface area (Å²) >= 11 is 1.54. The molecule has 2 aromatic carbocycles. The second kappa shape index (κ2) is 7.91. The first-order chi connectivity index (χ1) is 12.0. The predicted octanol–water partition coefficient (Wildman–Crippen LogP) is 3.66. The lowest BCUT2D eigenvalue weighted by Crippen LogP contribution is -2.24. The summed E-state index contributed by atoms with van der Waals surface area (Å²) in [7, 11) is -3.38. The van der Waals surface area contributed by atoms with Crippen LogP contribution in [0.3, 0.4) is 0 Å². The fourth-order valence-electron chi connectivity index (χ4n) is 2.55. The molecule has 0 amide bonds. The molecule has 0 fully saturated rings. The first-order valence-corrected chi connectivity index (χ1v) is 10.5. The second-order valence-electron chi connectivity index (χ2n) is 5.95. The topological polar surface area (TPSA) is 59.1 Å². The molecule has 1 heterocycles. The van der Waals surface area contributed by atoms with Crippen LogP contribution >= 0.6 is 11.3 Å². The van der Waals surface area contributed by atoms with E-state index in [1.165, 1.54) is 16.9 Å². The van der Waals surface area contributed by atoms with E-state index < -0.39 is 10.0 Å². The summed E-state index contributed by atoms with van der Waals surface area (Å²) in [6.45, 7) is 2.18. The van der Waals surface area contributed by atoms with Gasteiger partial charge in [-0.3, -0.25) is 0 Å². The fraction of sp³-hybridized carbons (Fsp3) is 0.211. The standard InChI is InChI=1S/C19H20N2O2S2/c1-15-6-5-9-17(10-15)14-25(22,23)21-13-19-20-12-18(24-19)11-16-7-3-2-4-8-16/h2-10,12,21H,11,13-14H2,1H3. The maximum atomic E-state index is 12.2. The van der Waals surface area contributed by atoms with Crippen LogP contribution in [-0.2, 0) is 28.7 Å². The number of hydrogen-bond acceptors (Lipinski definition) is 4. The molecule has 130 valence electrons. The fourth-order valence-corrected chi connectivity index (χ4v) is 4.62. The molecule has 0 aliphatic carbocycles. The Morgan fingerprint density at radius 2 is 1.80 bits per heavy atom. The van der Waals surface area contributed by atoms with Gasteiger partial charge in [0.05, 0.1) is 12.3 Å². The number of nitrogens with one attached hydrogen (secondary N) is 1. The summed E-state index contributed by atoms with van der Waals surface area (Å²) in [5, 5.41) is 0.777. The minimum atomic E-state index is -3.38. The number of thiazole rings is 1. The van der Waals surface area contributed by atoms with E-state index in [1.807, 2.05) is 55.6 Å². The quantitative estimate of drug-likeness (QED) is 0.688. The van der Waals surface area contributed by atoms with Crippen LogP contribution in [0.1, 0.15) is 26.6 Å². The Bertz CT molecular complexity index is 935. The van der Waals surface area contributed by atoms with Crippen molar-refractivity contribution in [2.45, 2.75) is 25.6 Å². The van der Waals surface area contributed by atoms with Gasteiger partial charge in [0.2, 0.25) is 10.0 Å². The molecule has 6 heteroatoms. The molecule has 3 aromatic rings. The van der Waals surface area contributed by atoms with E-state index in [9.17, 15) is 8.42 Å². The summed E-state index contributed by atoms with van der Waals surface area (Å²) in [6, 6.07) is 17.7. The third-order valence-corrected chi connectivity index (χ3v) is 6.00. The molecule has 0 bridgehead atoms. The molecule has 0 aliphatic heterocycles. The molecule has 0 radical (unpaired) electrons. The molecule has 0 unspecified atom stereocenters. The Kier molecular flexibility index (Phi) is 5.63. The van der Waals surface area contributed by atoms with E-state index in [4.69, 9.17) is 0 Å². The summed E-state index contributed by atoms with van der Waals surface area (Å²) in [5.74, 6) is -0.0169. The molecule has 25 heavy (non-hydrogen) atoms. The van der Waals surface area contributed by atoms with Gasteiger partial charge in [0, 0.05) is 17.5 Å². The highest BCUT2D eigenvalue weighted by atomic mass is 32.2. The highest BCUT2D eigenvalue weighted by Gasteiger charge is 2.13. The highest BCUT2D eigenvalue weighted by molar-refractivity contribution is 7.88. The lowest BCUT2D eigenvalue weighted by Gasteiger charge is -2.06. The molecule has 0 atom stereocenters. The Morgan fingerprint density at radius 3 is 2.56 bits per heavy atom. The van der Waals surface area contributed by atoms with E-state index >= 15 is 0 Å². The minimum Gasteiger partial charge on any atom is -0.248 e. The van der Waals surface area contributed by atoms with Crippen molar-refractivity contribution in [1.29, 1.82) is 0 Å². The van der Waals surface area contributed by atoms with Gasteiger partial charge in [0.1, 0.15) is 5.01 Å². The Balaban J connectivity index is 1.58. The van der Waals surface area contributed by atoms with E-state index in [0.29, 0.717) is 0 Å². The molecule has 3 rings (SSSR count). The number of hydrogen-bond donors (Lipinski definition) is 1. The second-order valence-corrected chi connectivity index (χ2v) is 8.96. The number of aryl methyl sites for hydroxylation is 1. The minimum absolute atomic E-state index is 0.0169. The lowest BCUT2D eigenvalue weighted by atomic mass is 10.1. The van der Waals surface area contributed by atoms with Crippen LogP contribution in [0, 0.1) is 6.92 Å². The zero-order valence-electron chi connectivity index (χ0n) is 14.0. The van der Waals surface area contributed by atoms with Gasteiger partial charge in [-0.15, -0.1) is 11.3 Å². The van der Waals surface area contributed by atoms with Gasteiger partial charge in [0.25, 0.3) is 0 Å². The summed E-state index contributed by atoms with van der Waals surface area (Å²) < 4.78 is 27.1. The maximum absolute atomic E-state index is 12.2. The molecule has 4 nitrogen and oxygen atoms in total. The SMILES string of the molecule is Cc1cccc(CS(=O)(=O)NCc2ncc(Cc3ccccc3)s2)c1. The summed E-state index contributed by atoms with van der Waals surface area (Å²) in [4.78, 5) is 5.45. The number of nitrogens with zero attached hydrogens (tertiary/aromatic N) is 1. The van der Waals surface area contributed by atoms with Crippen molar-refractivity contribution < 1.29 is 8.42 Å². The maximum Gasteiger partial charge on any atom is 0.216 e. The van der Waals surface area contributed by atoms with Gasteiger partial charge in [-0.1, -0.05) is 60.2 Å². The van der Waals surface area contributed by atoms with E-state index in [2.05, 4.69) is 21.8 Å². The van der Waals surface area contributed by atoms with Crippen LogP contribution in [0.5, 0.6) is 0 Å². The molecule has 0 spiro atoms. The van der Waals surface area contributed by atoms with Gasteiger partial charge in [0.15, 0.2) is 0 Å². The van der Waals surface area contributed by atoms with E-state index in [1.54, 1.807) is 0 Å². The Morgan fingerprint density at radius 1 is 1.04 bits per heavy atom. The smallest absolute Gasteiger partial charge is 0.216 e. The summed E-state index contributed by atoms with van der Waals surface area (Å²) in [5.41, 5.74) is 3.06. The van der Waals surface area contributed by atoms with Crippen molar-refractivity contribution in [2.24, 2.45) is 0 Å². The van der Waals surface area contributed by atoms with Gasteiger partial charge in [-0.05, 0) is 18.1 Å². The number of sulfonamides is 1. The van der Waals surface area contributed by atoms with Crippen molar-refractivity contribution in [1.82, 2.24) is 9.71 Å². The Hall–Kier alpha value is -2.02. The average Bonchev–Trinajstić information content (AvgIpc) is 3.01. The predicted molar refractivity (Wildman–Crippen MR) is 102 cm³/mol. The van der Waals surface area contributed by atoms with Crippen molar-refractivity contribution >= 4 is 21.4 Å². The zero-order valence-corrected chi connectivity index (χ0v) is 15.6. The molecular weight excluding hydrogens is 352 g/mol. The number of rotatable bonds is 7. The first-order valence-electron chi connectivity index (χ1n) is 8.00. The number of aromatic nitrogens is 1. The lowest BCUT2D eigenvalue weighted by molar-refractivity contribution is 0.580. The molecule has 0 aliphatic rings.